The van der Waals surface area contributed by atoms with Gasteiger partial charge in [-0.1, -0.05) is 51.7 Å². The van der Waals surface area contributed by atoms with Crippen molar-refractivity contribution < 1.29 is 29.4 Å². The van der Waals surface area contributed by atoms with Crippen molar-refractivity contribution in [3.05, 3.63) is 58.7 Å². The molecule has 6 atom stereocenters. The summed E-state index contributed by atoms with van der Waals surface area (Å²) in [4.78, 5) is 49.8. The molecular weight excluding hydrogens is 609 g/mol. The Morgan fingerprint density at radius 3 is 1.42 bits per heavy atom. The van der Waals surface area contributed by atoms with Crippen molar-refractivity contribution in [2.24, 2.45) is 23.7 Å². The minimum absolute atomic E-state index is 0. The third kappa shape index (κ3) is 7.74. The number of Topliss-reactive ketones (excluding diaryl/α,β-unsaturated/α-hetero) is 2. The van der Waals surface area contributed by atoms with Crippen LogP contribution in [0.2, 0.25) is 0 Å². The Kier molecular flexibility index (Phi) is 12.3. The number of carboxylic acids is 2. The predicted octanol–water partition coefficient (Wildman–Crippen LogP) is 4.89. The smallest absolute Gasteiger partial charge is 0.550 e. The van der Waals surface area contributed by atoms with E-state index in [1.165, 1.54) is 12.8 Å². The van der Waals surface area contributed by atoms with Crippen LogP contribution < -0.4 is 10.2 Å². The molecule has 43 heavy (non-hydrogen) atoms. The van der Waals surface area contributed by atoms with Gasteiger partial charge in [-0.3, -0.25) is 9.59 Å². The van der Waals surface area contributed by atoms with Crippen LogP contribution in [0.4, 0.5) is 0 Å². The van der Waals surface area contributed by atoms with Crippen LogP contribution in [-0.2, 0) is 9.59 Å². The minimum atomic E-state index is -1.10. The van der Waals surface area contributed by atoms with Gasteiger partial charge in [0.2, 0.25) is 0 Å². The van der Waals surface area contributed by atoms with E-state index in [1.807, 2.05) is 24.3 Å². The van der Waals surface area contributed by atoms with Gasteiger partial charge in [0.1, 0.15) is 0 Å². The van der Waals surface area contributed by atoms with Crippen molar-refractivity contribution in [2.75, 3.05) is 11.5 Å². The Bertz CT molecular complexity index is 1270. The Balaban J connectivity index is 0.000000192. The van der Waals surface area contributed by atoms with Gasteiger partial charge in [0.25, 0.3) is 0 Å². The molecule has 6 unspecified atom stereocenters. The van der Waals surface area contributed by atoms with Crippen molar-refractivity contribution >= 4 is 84.8 Å². The van der Waals surface area contributed by atoms with E-state index in [1.54, 1.807) is 49.5 Å². The Hall–Kier alpha value is -1.32. The number of carbonyl (C=O) groups excluding carboxylic acids is 4. The minimum Gasteiger partial charge on any atom is -0.550 e. The maximum Gasteiger partial charge on any atom is 2.00 e. The molecule has 0 saturated heterocycles. The summed E-state index contributed by atoms with van der Waals surface area (Å²) in [6.45, 7) is 3.21. The maximum atomic E-state index is 12.8. The largest absolute Gasteiger partial charge is 2.00 e. The number of benzene rings is 2. The number of hydrogen-bond acceptors (Lipinski definition) is 8. The van der Waals surface area contributed by atoms with Crippen LogP contribution in [0.15, 0.2) is 46.2 Å². The van der Waals surface area contributed by atoms with E-state index in [2.05, 4.69) is 0 Å². The third-order valence-corrected chi connectivity index (χ3v) is 12.2. The quantitative estimate of drug-likeness (QED) is 0.432. The molecule has 6 rings (SSSR count). The summed E-state index contributed by atoms with van der Waals surface area (Å²) in [5.74, 6) is 0.0744. The van der Waals surface area contributed by atoms with E-state index < -0.39 is 23.8 Å². The summed E-state index contributed by atoms with van der Waals surface area (Å²) in [7, 11) is 0. The summed E-state index contributed by atoms with van der Waals surface area (Å²) in [5, 5.41) is 22.1. The number of carbonyl (C=O) groups is 4. The zero-order valence-corrected chi connectivity index (χ0v) is 28.8. The van der Waals surface area contributed by atoms with E-state index >= 15 is 0 Å². The summed E-state index contributed by atoms with van der Waals surface area (Å²) in [6, 6.07) is 11.0. The molecule has 6 nitrogen and oxygen atoms in total. The molecule has 2 saturated carbocycles. The fourth-order valence-electron chi connectivity index (χ4n) is 6.84. The molecule has 2 aromatic rings. The molecule has 2 aliphatic carbocycles. The summed E-state index contributed by atoms with van der Waals surface area (Å²) >= 11 is 3.49. The van der Waals surface area contributed by atoms with E-state index in [0.717, 1.165) is 70.9 Å². The molecule has 0 spiro atoms. The van der Waals surface area contributed by atoms with Crippen molar-refractivity contribution in [1.29, 1.82) is 0 Å². The van der Waals surface area contributed by atoms with Gasteiger partial charge in [-0.25, -0.2) is 0 Å². The molecule has 2 aliphatic heterocycles. The fourth-order valence-corrected chi connectivity index (χ4v) is 9.38. The number of fused-ring (bicyclic) bond motifs is 4. The van der Waals surface area contributed by atoms with Crippen LogP contribution in [0, 0.1) is 23.7 Å². The van der Waals surface area contributed by atoms with Crippen molar-refractivity contribution in [3.63, 3.8) is 0 Å². The zero-order valence-electron chi connectivity index (χ0n) is 25.0. The van der Waals surface area contributed by atoms with E-state index in [0.29, 0.717) is 23.0 Å². The average Bonchev–Trinajstić information content (AvgIpc) is 3.24. The van der Waals surface area contributed by atoms with Crippen molar-refractivity contribution in [2.45, 2.75) is 86.8 Å². The SMILES string of the molecule is CC(C(=O)[O-])c1ccc2c(c1)C(=O)C1CCCCC1CS2.CC(C(=O)[O-])c1ccc2c(c1)C(=O)C1CCCCC1CS2.[Ca+2]. The number of carboxylic acid groups (broad SMARTS) is 2. The molecule has 224 valence electrons. The second kappa shape index (κ2) is 15.3. The van der Waals surface area contributed by atoms with E-state index in [9.17, 15) is 29.4 Å². The first-order valence-electron chi connectivity index (χ1n) is 15.2. The molecule has 0 radical (unpaired) electrons. The molecule has 0 bridgehead atoms. The molecule has 2 aromatic carbocycles. The summed E-state index contributed by atoms with van der Waals surface area (Å²) < 4.78 is 0. The average molecular weight is 647 g/mol. The van der Waals surface area contributed by atoms with Gasteiger partial charge in [0, 0.05) is 68.0 Å². The first-order valence-corrected chi connectivity index (χ1v) is 17.2. The molecule has 0 amide bonds. The number of hydrogen-bond donors (Lipinski definition) is 0. The summed E-state index contributed by atoms with van der Waals surface area (Å²) in [6.07, 6.45) is 8.92. The first kappa shape index (κ1) is 34.6. The van der Waals surface area contributed by atoms with Gasteiger partial charge in [-0.15, -0.1) is 23.5 Å². The number of aliphatic carboxylic acids is 2. The molecule has 4 aliphatic rings. The van der Waals surface area contributed by atoms with Gasteiger partial charge in [-0.05, 0) is 72.9 Å². The van der Waals surface area contributed by atoms with E-state index in [4.69, 9.17) is 0 Å². The summed E-state index contributed by atoms with van der Waals surface area (Å²) in [5.41, 5.74) is 2.77. The number of thioether (sulfide) groups is 2. The molecule has 0 N–H and O–H groups in total. The Labute approximate surface area is 292 Å². The van der Waals surface area contributed by atoms with E-state index in [-0.39, 0.29) is 61.1 Å². The van der Waals surface area contributed by atoms with Crippen molar-refractivity contribution in [3.8, 4) is 0 Å². The van der Waals surface area contributed by atoms with Gasteiger partial charge in [0.15, 0.2) is 11.6 Å². The monoisotopic (exact) mass is 646 g/mol. The number of ketones is 2. The zero-order chi connectivity index (χ0) is 30.0. The third-order valence-electron chi connectivity index (χ3n) is 9.64. The Morgan fingerprint density at radius 1 is 0.674 bits per heavy atom. The standard InChI is InChI=1S/2C17H20O3S.Ca/c2*1-10(17(19)20)11-6-7-15-14(8-11)16(18)13-5-3-2-4-12(13)9-21-15;/h2*6-8,10,12-13H,2-5,9H2,1H3,(H,19,20);/q;;+2/p-2. The maximum absolute atomic E-state index is 12.8. The second-order valence-corrected chi connectivity index (χ2v) is 14.4. The Morgan fingerprint density at radius 2 is 1.05 bits per heavy atom. The first-order chi connectivity index (χ1) is 20.2. The van der Waals surface area contributed by atoms with Crippen LogP contribution in [0.1, 0.15) is 109 Å². The van der Waals surface area contributed by atoms with Crippen LogP contribution in [-0.4, -0.2) is 72.7 Å². The van der Waals surface area contributed by atoms with Crippen molar-refractivity contribution in [1.82, 2.24) is 0 Å². The number of rotatable bonds is 4. The topological polar surface area (TPSA) is 114 Å². The van der Waals surface area contributed by atoms with Gasteiger partial charge < -0.3 is 19.8 Å². The second-order valence-electron chi connectivity index (χ2n) is 12.2. The van der Waals surface area contributed by atoms with Gasteiger partial charge >= 0.3 is 37.7 Å². The fraction of sp³-hybridized carbons (Fsp3) is 0.529. The molecule has 2 fully saturated rings. The van der Waals surface area contributed by atoms with Crippen LogP contribution >= 0.6 is 23.5 Å². The molecule has 0 aromatic heterocycles. The van der Waals surface area contributed by atoms with Gasteiger partial charge in [0.05, 0.1) is 0 Å². The molecule has 9 heteroatoms. The molecule has 2 heterocycles. The normalized spacial score (nSPS) is 25.8. The van der Waals surface area contributed by atoms with Crippen LogP contribution in [0.5, 0.6) is 0 Å². The molecular formula is C34H38CaO6S2. The van der Waals surface area contributed by atoms with Gasteiger partial charge in [-0.2, -0.15) is 0 Å². The predicted molar refractivity (Wildman–Crippen MR) is 166 cm³/mol. The van der Waals surface area contributed by atoms with Crippen LogP contribution in [0.25, 0.3) is 0 Å². The van der Waals surface area contributed by atoms with Crippen LogP contribution in [0.3, 0.4) is 0 Å².